The van der Waals surface area contributed by atoms with Gasteiger partial charge in [0, 0.05) is 49.6 Å². The number of aromatic amines is 1. The van der Waals surface area contributed by atoms with Crippen LogP contribution in [0.5, 0.6) is 0 Å². The van der Waals surface area contributed by atoms with Crippen LogP contribution in [0.15, 0.2) is 30.1 Å². The maximum absolute atomic E-state index is 13.7. The quantitative estimate of drug-likeness (QED) is 0.508. The third kappa shape index (κ3) is 4.49. The first-order valence-corrected chi connectivity index (χ1v) is 10.9. The molecule has 2 heterocycles. The summed E-state index contributed by atoms with van der Waals surface area (Å²) < 4.78 is 32.8. The second kappa shape index (κ2) is 8.46. The van der Waals surface area contributed by atoms with Crippen LogP contribution in [0.1, 0.15) is 57.1 Å². The Balaban J connectivity index is 1.61. The Bertz CT molecular complexity index is 709. The van der Waals surface area contributed by atoms with Crippen molar-refractivity contribution in [2.24, 2.45) is 0 Å². The van der Waals surface area contributed by atoms with E-state index in [4.69, 9.17) is 10.1 Å². The van der Waals surface area contributed by atoms with E-state index in [1.165, 1.54) is 0 Å². The van der Waals surface area contributed by atoms with Crippen molar-refractivity contribution in [2.75, 3.05) is 26.3 Å². The van der Waals surface area contributed by atoms with Gasteiger partial charge in [-0.2, -0.15) is 0 Å². The van der Waals surface area contributed by atoms with Crippen LogP contribution in [0.3, 0.4) is 0 Å². The van der Waals surface area contributed by atoms with Crippen molar-refractivity contribution in [3.8, 4) is 0 Å². The largest absolute Gasteiger partial charge is 0.385 e. The molecule has 5 nitrogen and oxygen atoms in total. The van der Waals surface area contributed by atoms with E-state index in [2.05, 4.69) is 16.4 Å². The normalized spacial score (nSPS) is 25.2. The summed E-state index contributed by atoms with van der Waals surface area (Å²) in [5.41, 5.74) is 1.98. The van der Waals surface area contributed by atoms with Crippen molar-refractivity contribution >= 4 is 5.84 Å². The van der Waals surface area contributed by atoms with Crippen LogP contribution in [0.25, 0.3) is 0 Å². The summed E-state index contributed by atoms with van der Waals surface area (Å²) >= 11 is 0. The minimum Gasteiger partial charge on any atom is -0.385 e. The highest BCUT2D eigenvalue weighted by molar-refractivity contribution is 5.91. The summed E-state index contributed by atoms with van der Waals surface area (Å²) in [4.78, 5) is 5.44. The van der Waals surface area contributed by atoms with Crippen LogP contribution in [0.2, 0.25) is 0 Å². The zero-order valence-electron chi connectivity index (χ0n) is 17.0. The van der Waals surface area contributed by atoms with Gasteiger partial charge in [0.2, 0.25) is 5.92 Å². The average molecular weight is 407 g/mol. The Morgan fingerprint density at radius 2 is 1.86 bits per heavy atom. The fraction of sp³-hybridized carbons (Fsp3) is 0.682. The van der Waals surface area contributed by atoms with E-state index in [-0.39, 0.29) is 24.3 Å². The molecule has 1 aliphatic heterocycles. The molecule has 1 aromatic rings. The molecule has 0 aromatic carbocycles. The highest BCUT2D eigenvalue weighted by Crippen LogP contribution is 2.46. The molecule has 3 aliphatic rings. The zero-order valence-corrected chi connectivity index (χ0v) is 17.0. The molecule has 3 fully saturated rings. The smallest absolute Gasteiger partial charge is 0.248 e. The summed E-state index contributed by atoms with van der Waals surface area (Å²) in [6.07, 6.45) is 9.00. The van der Waals surface area contributed by atoms with Crippen molar-refractivity contribution in [3.63, 3.8) is 0 Å². The van der Waals surface area contributed by atoms with Crippen molar-refractivity contribution in [1.29, 1.82) is 5.41 Å². The summed E-state index contributed by atoms with van der Waals surface area (Å²) in [6, 6.07) is 4.17. The van der Waals surface area contributed by atoms with Crippen LogP contribution >= 0.6 is 0 Å². The van der Waals surface area contributed by atoms with Gasteiger partial charge in [-0.05, 0) is 43.9 Å². The molecule has 0 radical (unpaired) electrons. The number of morpholine rings is 1. The third-order valence-electron chi connectivity index (χ3n) is 6.80. The molecule has 0 unspecified atom stereocenters. The van der Waals surface area contributed by atoms with Crippen LogP contribution in [0.4, 0.5) is 8.78 Å². The Morgan fingerprint density at radius 1 is 1.17 bits per heavy atom. The molecule has 1 saturated heterocycles. The van der Waals surface area contributed by atoms with Crippen LogP contribution in [-0.2, 0) is 10.2 Å². The molecule has 1 aromatic heterocycles. The van der Waals surface area contributed by atoms with Crippen molar-refractivity contribution in [2.45, 2.75) is 68.7 Å². The van der Waals surface area contributed by atoms with Crippen LogP contribution in [-0.4, -0.2) is 54.0 Å². The Kier molecular flexibility index (Phi) is 5.95. The topological polar surface area (TPSA) is 64.1 Å². The number of halogens is 2. The van der Waals surface area contributed by atoms with E-state index in [0.29, 0.717) is 45.0 Å². The van der Waals surface area contributed by atoms with Gasteiger partial charge in [-0.25, -0.2) is 8.78 Å². The number of hydrogen-bond acceptors (Lipinski definition) is 3. The van der Waals surface area contributed by atoms with Gasteiger partial charge in [-0.3, -0.25) is 5.41 Å². The Labute approximate surface area is 171 Å². The lowest BCUT2D eigenvalue weighted by atomic mass is 9.78. The number of aromatic nitrogens is 1. The van der Waals surface area contributed by atoms with Gasteiger partial charge in [0.15, 0.2) is 0 Å². The molecule has 3 N–H and O–H groups in total. The molecule has 0 amide bonds. The maximum atomic E-state index is 13.7. The number of nitrogens with zero attached hydrogens (tertiary/aromatic N) is 1. The minimum atomic E-state index is -2.53. The summed E-state index contributed by atoms with van der Waals surface area (Å²) in [6.45, 7) is 2.71. The fourth-order valence-electron chi connectivity index (χ4n) is 5.04. The third-order valence-corrected chi connectivity index (χ3v) is 6.80. The highest BCUT2D eigenvalue weighted by Gasteiger charge is 2.42. The van der Waals surface area contributed by atoms with Gasteiger partial charge in [-0.1, -0.05) is 12.8 Å². The molecular weight excluding hydrogens is 374 g/mol. The first-order valence-electron chi connectivity index (χ1n) is 10.9. The molecule has 0 atom stereocenters. The van der Waals surface area contributed by atoms with Crippen LogP contribution in [0, 0.1) is 5.41 Å². The molecule has 29 heavy (non-hydrogen) atoms. The Morgan fingerprint density at radius 3 is 2.48 bits per heavy atom. The van der Waals surface area contributed by atoms with E-state index >= 15 is 0 Å². The van der Waals surface area contributed by atoms with Gasteiger partial charge in [0.05, 0.1) is 18.6 Å². The first kappa shape index (κ1) is 20.4. The maximum Gasteiger partial charge on any atom is 0.248 e. The number of ether oxygens (including phenoxy) is 1. The molecule has 7 heteroatoms. The number of rotatable bonds is 5. The SMILES string of the molecule is N=C(/C=C(/NC1CCC(F)(F)CC1)C1(c2ccc[nH]2)CCCC1)N1CCOCC1. The minimum absolute atomic E-state index is 0.0331. The van der Waals surface area contributed by atoms with E-state index in [1.807, 2.05) is 23.2 Å². The number of alkyl halides is 2. The molecule has 2 aliphatic carbocycles. The second-order valence-electron chi connectivity index (χ2n) is 8.69. The first-order chi connectivity index (χ1) is 14.0. The average Bonchev–Trinajstić information content (AvgIpc) is 3.42. The van der Waals surface area contributed by atoms with Gasteiger partial charge in [-0.15, -0.1) is 0 Å². The predicted octanol–water partition coefficient (Wildman–Crippen LogP) is 4.19. The van der Waals surface area contributed by atoms with Crippen molar-refractivity contribution < 1.29 is 13.5 Å². The molecule has 0 spiro atoms. The van der Waals surface area contributed by atoms with Crippen LogP contribution < -0.4 is 5.32 Å². The lowest BCUT2D eigenvalue weighted by molar-refractivity contribution is -0.0399. The Hall–Kier alpha value is -1.89. The molecule has 4 rings (SSSR count). The van der Waals surface area contributed by atoms with Crippen molar-refractivity contribution in [3.05, 3.63) is 35.8 Å². The second-order valence-corrected chi connectivity index (χ2v) is 8.69. The summed E-state index contributed by atoms with van der Waals surface area (Å²) in [5.74, 6) is -2.05. The summed E-state index contributed by atoms with van der Waals surface area (Å²) in [7, 11) is 0. The van der Waals surface area contributed by atoms with Gasteiger partial charge < -0.3 is 19.9 Å². The number of nitrogens with one attached hydrogen (secondary N) is 3. The van der Waals surface area contributed by atoms with E-state index in [0.717, 1.165) is 37.1 Å². The number of H-pyrrole nitrogens is 1. The molecule has 2 saturated carbocycles. The zero-order chi connectivity index (χ0) is 20.3. The van der Waals surface area contributed by atoms with E-state index in [1.54, 1.807) is 0 Å². The van der Waals surface area contributed by atoms with Crippen molar-refractivity contribution in [1.82, 2.24) is 15.2 Å². The monoisotopic (exact) mass is 406 g/mol. The lowest BCUT2D eigenvalue weighted by Gasteiger charge is -2.38. The van der Waals surface area contributed by atoms with E-state index < -0.39 is 5.92 Å². The number of amidine groups is 1. The number of hydrogen-bond donors (Lipinski definition) is 3. The van der Waals surface area contributed by atoms with Gasteiger partial charge in [0.25, 0.3) is 0 Å². The number of allylic oxidation sites excluding steroid dienone is 1. The fourth-order valence-corrected chi connectivity index (χ4v) is 5.04. The molecule has 160 valence electrons. The summed E-state index contributed by atoms with van der Waals surface area (Å²) in [5, 5.41) is 12.3. The molecular formula is C22H32F2N4O. The predicted molar refractivity (Wildman–Crippen MR) is 109 cm³/mol. The van der Waals surface area contributed by atoms with Gasteiger partial charge in [0.1, 0.15) is 5.84 Å². The standard InChI is InChI=1S/C22H32F2N4O/c23-22(24)9-5-17(6-10-22)27-19(16-20(25)28-12-14-29-15-13-28)21(7-1-2-8-21)18-4-3-11-26-18/h3-4,11,16-17,25-27H,1-2,5-10,12-15H2/b19-16+,25-20?. The van der Waals surface area contributed by atoms with E-state index in [9.17, 15) is 8.78 Å². The highest BCUT2D eigenvalue weighted by atomic mass is 19.3. The van der Waals surface area contributed by atoms with Gasteiger partial charge >= 0.3 is 0 Å². The molecule has 0 bridgehead atoms. The lowest BCUT2D eigenvalue weighted by Crippen LogP contribution is -2.44.